The van der Waals surface area contributed by atoms with E-state index in [0.29, 0.717) is 32.0 Å². The summed E-state index contributed by atoms with van der Waals surface area (Å²) < 4.78 is 10.1. The van der Waals surface area contributed by atoms with E-state index in [4.69, 9.17) is 9.47 Å². The Morgan fingerprint density at radius 2 is 1.59 bits per heavy atom. The highest BCUT2D eigenvalue weighted by Gasteiger charge is 2.29. The Morgan fingerprint density at radius 3 is 2.09 bits per heavy atom. The van der Waals surface area contributed by atoms with Crippen LogP contribution in [-0.2, 0) is 4.74 Å². The summed E-state index contributed by atoms with van der Waals surface area (Å²) in [6, 6.07) is 5.58. The first-order chi connectivity index (χ1) is 15.2. The van der Waals surface area contributed by atoms with Gasteiger partial charge < -0.3 is 19.7 Å². The lowest BCUT2D eigenvalue weighted by atomic mass is 10.1. The molecule has 32 heavy (non-hydrogen) atoms. The average molecular weight is 447 g/mol. The number of nitro groups is 3. The number of rotatable bonds is 7. The predicted molar refractivity (Wildman–Crippen MR) is 110 cm³/mol. The Balaban J connectivity index is 2.04. The molecule has 2 aromatic carbocycles. The molecule has 0 bridgehead atoms. The van der Waals surface area contributed by atoms with Crippen LogP contribution in [0.5, 0.6) is 5.75 Å². The number of nitrogens with one attached hydrogen (secondary N) is 1. The molecule has 0 atom stereocenters. The smallest absolute Gasteiger partial charge is 0.320 e. The summed E-state index contributed by atoms with van der Waals surface area (Å²) in [7, 11) is 1.05. The molecule has 1 saturated heterocycles. The van der Waals surface area contributed by atoms with Crippen LogP contribution in [0.15, 0.2) is 30.3 Å². The third-order valence-electron chi connectivity index (χ3n) is 4.69. The summed E-state index contributed by atoms with van der Waals surface area (Å²) in [5.41, 5.74) is -1.68. The molecule has 1 N–H and O–H groups in total. The Morgan fingerprint density at radius 1 is 1.00 bits per heavy atom. The van der Waals surface area contributed by atoms with Gasteiger partial charge in [0.1, 0.15) is 0 Å². The Hall–Kier alpha value is -4.33. The molecule has 0 aromatic heterocycles. The second-order valence-electron chi connectivity index (χ2n) is 6.57. The largest absolute Gasteiger partial charge is 0.485 e. The number of nitrogens with zero attached hydrogens (tertiary/aromatic N) is 4. The lowest BCUT2D eigenvalue weighted by Crippen LogP contribution is -2.37. The van der Waals surface area contributed by atoms with Crippen LogP contribution in [0.25, 0.3) is 0 Å². The molecule has 14 heteroatoms. The van der Waals surface area contributed by atoms with Gasteiger partial charge in [-0.1, -0.05) is 0 Å². The summed E-state index contributed by atoms with van der Waals surface area (Å²) >= 11 is 0. The average Bonchev–Trinajstić information content (AvgIpc) is 2.78. The van der Waals surface area contributed by atoms with Gasteiger partial charge in [-0.25, -0.2) is 0 Å². The molecular weight excluding hydrogens is 430 g/mol. The lowest BCUT2D eigenvalue weighted by molar-refractivity contribution is -0.395. The summed E-state index contributed by atoms with van der Waals surface area (Å²) in [5.74, 6) is -1.40. The zero-order valence-electron chi connectivity index (χ0n) is 16.7. The molecule has 3 rings (SSSR count). The topological polar surface area (TPSA) is 180 Å². The Labute approximate surface area is 179 Å². The van der Waals surface area contributed by atoms with Gasteiger partial charge in [-0.15, -0.1) is 0 Å². The quantitative estimate of drug-likeness (QED) is 0.489. The minimum atomic E-state index is -0.881. The molecule has 0 spiro atoms. The third kappa shape index (κ3) is 4.54. The fourth-order valence-electron chi connectivity index (χ4n) is 3.25. The van der Waals surface area contributed by atoms with E-state index in [-0.39, 0.29) is 16.9 Å². The van der Waals surface area contributed by atoms with E-state index in [9.17, 15) is 35.1 Å². The molecule has 1 fully saturated rings. The van der Waals surface area contributed by atoms with Gasteiger partial charge in [0.2, 0.25) is 0 Å². The Kier molecular flexibility index (Phi) is 6.44. The van der Waals surface area contributed by atoms with Gasteiger partial charge in [-0.2, -0.15) is 0 Å². The second kappa shape index (κ2) is 9.22. The highest BCUT2D eigenvalue weighted by atomic mass is 16.6. The van der Waals surface area contributed by atoms with E-state index in [2.05, 4.69) is 5.32 Å². The first-order valence-electron chi connectivity index (χ1n) is 9.16. The maximum Gasteiger partial charge on any atom is 0.320 e. The highest BCUT2D eigenvalue weighted by Crippen LogP contribution is 2.39. The maximum absolute atomic E-state index is 13.0. The molecular formula is C18H17N5O9. The number of hydrogen-bond acceptors (Lipinski definition) is 10. The van der Waals surface area contributed by atoms with Gasteiger partial charge in [-0.05, 0) is 6.07 Å². The molecule has 0 radical (unpaired) electrons. The Bertz CT molecular complexity index is 1060. The number of hydrogen-bond donors (Lipinski definition) is 1. The molecule has 2 aromatic rings. The fourth-order valence-corrected chi connectivity index (χ4v) is 3.25. The third-order valence-corrected chi connectivity index (χ3v) is 4.69. The van der Waals surface area contributed by atoms with Crippen molar-refractivity contribution in [3.8, 4) is 5.75 Å². The van der Waals surface area contributed by atoms with Crippen LogP contribution in [0.4, 0.5) is 28.4 Å². The zero-order chi connectivity index (χ0) is 23.4. The van der Waals surface area contributed by atoms with E-state index in [0.717, 1.165) is 25.3 Å². The van der Waals surface area contributed by atoms with Crippen molar-refractivity contribution in [3.05, 3.63) is 66.2 Å². The number of nitro benzene ring substituents is 3. The van der Waals surface area contributed by atoms with Crippen molar-refractivity contribution >= 4 is 34.3 Å². The standard InChI is InChI=1S/C18H17N5O9/c1-31-17-15(22(27)28)8-11(9-16(17)23(29)30)19-18(24)13-10-12(21(25)26)2-3-14(13)20-4-6-32-7-5-20/h2-3,8-10H,4-7H2,1H3,(H,19,24). The number of benzene rings is 2. The minimum absolute atomic E-state index is 0.0674. The normalized spacial score (nSPS) is 13.3. The molecule has 1 aliphatic heterocycles. The summed E-state index contributed by atoms with van der Waals surface area (Å²) in [6.07, 6.45) is 0. The summed E-state index contributed by atoms with van der Waals surface area (Å²) in [6.45, 7) is 1.68. The molecule has 0 unspecified atom stereocenters. The fraction of sp³-hybridized carbons (Fsp3) is 0.278. The van der Waals surface area contributed by atoms with E-state index in [1.165, 1.54) is 12.1 Å². The second-order valence-corrected chi connectivity index (χ2v) is 6.57. The van der Waals surface area contributed by atoms with Crippen molar-refractivity contribution in [3.63, 3.8) is 0 Å². The van der Waals surface area contributed by atoms with Gasteiger partial charge in [-0.3, -0.25) is 35.1 Å². The predicted octanol–water partition coefficient (Wildman–Crippen LogP) is 2.51. The van der Waals surface area contributed by atoms with Crippen LogP contribution in [0.3, 0.4) is 0 Å². The number of morpholine rings is 1. The molecule has 168 valence electrons. The molecule has 14 nitrogen and oxygen atoms in total. The monoisotopic (exact) mass is 447 g/mol. The van der Waals surface area contributed by atoms with Gasteiger partial charge in [0.25, 0.3) is 17.3 Å². The van der Waals surface area contributed by atoms with Crippen molar-refractivity contribution in [2.45, 2.75) is 0 Å². The van der Waals surface area contributed by atoms with E-state index in [1.54, 1.807) is 4.90 Å². The van der Waals surface area contributed by atoms with Gasteiger partial charge >= 0.3 is 11.4 Å². The van der Waals surface area contributed by atoms with Crippen molar-refractivity contribution in [1.82, 2.24) is 0 Å². The first-order valence-corrected chi connectivity index (χ1v) is 9.16. The van der Waals surface area contributed by atoms with Crippen LogP contribution in [0, 0.1) is 30.3 Å². The summed E-state index contributed by atoms with van der Waals surface area (Å²) in [4.78, 5) is 46.3. The van der Waals surface area contributed by atoms with Crippen molar-refractivity contribution in [1.29, 1.82) is 0 Å². The van der Waals surface area contributed by atoms with Gasteiger partial charge in [0, 0.05) is 37.4 Å². The number of ether oxygens (including phenoxy) is 2. The van der Waals surface area contributed by atoms with Crippen LogP contribution >= 0.6 is 0 Å². The minimum Gasteiger partial charge on any atom is -0.485 e. The molecule has 1 aliphatic rings. The van der Waals surface area contributed by atoms with Gasteiger partial charge in [0.05, 0.1) is 52.0 Å². The first kappa shape index (κ1) is 22.4. The number of non-ortho nitro benzene ring substituents is 1. The van der Waals surface area contributed by atoms with Gasteiger partial charge in [0.15, 0.2) is 0 Å². The van der Waals surface area contributed by atoms with E-state index in [1.807, 2.05) is 0 Å². The van der Waals surface area contributed by atoms with Crippen LogP contribution in [0.1, 0.15) is 10.4 Å². The molecule has 1 heterocycles. The van der Waals surface area contributed by atoms with Crippen LogP contribution in [0.2, 0.25) is 0 Å². The van der Waals surface area contributed by atoms with E-state index >= 15 is 0 Å². The van der Waals surface area contributed by atoms with Crippen LogP contribution < -0.4 is 15.0 Å². The zero-order valence-corrected chi connectivity index (χ0v) is 16.7. The summed E-state index contributed by atoms with van der Waals surface area (Å²) in [5, 5.41) is 36.3. The highest BCUT2D eigenvalue weighted by molar-refractivity contribution is 6.09. The molecule has 0 aliphatic carbocycles. The number of carbonyl (C=O) groups excluding carboxylic acids is 1. The van der Waals surface area contributed by atoms with Crippen LogP contribution in [-0.4, -0.2) is 54.1 Å². The van der Waals surface area contributed by atoms with Crippen molar-refractivity contribution in [2.75, 3.05) is 43.6 Å². The van der Waals surface area contributed by atoms with E-state index < -0.39 is 37.8 Å². The molecule has 1 amide bonds. The number of amides is 1. The van der Waals surface area contributed by atoms with Crippen molar-refractivity contribution < 1.29 is 29.0 Å². The molecule has 0 saturated carbocycles. The number of methoxy groups -OCH3 is 1. The maximum atomic E-state index is 13.0. The number of carbonyl (C=O) groups is 1. The van der Waals surface area contributed by atoms with Crippen molar-refractivity contribution in [2.24, 2.45) is 0 Å². The SMILES string of the molecule is COc1c([N+](=O)[O-])cc(NC(=O)c2cc([N+](=O)[O-])ccc2N2CCOCC2)cc1[N+](=O)[O-]. The lowest BCUT2D eigenvalue weighted by Gasteiger charge is -2.30. The number of anilines is 2.